The fraction of sp³-hybridized carbons (Fsp3) is 0.692. The van der Waals surface area contributed by atoms with Gasteiger partial charge in [-0.15, -0.1) is 0 Å². The Bertz CT molecular complexity index is 401. The summed E-state index contributed by atoms with van der Waals surface area (Å²) in [6, 6.07) is 0.627. The van der Waals surface area contributed by atoms with Crippen LogP contribution >= 0.6 is 0 Å². The number of rotatable bonds is 5. The molecule has 0 atom stereocenters. The first-order chi connectivity index (χ1) is 8.70. The van der Waals surface area contributed by atoms with Crippen LogP contribution in [0.5, 0.6) is 0 Å². The van der Waals surface area contributed by atoms with E-state index in [0.717, 1.165) is 36.9 Å². The third-order valence-corrected chi connectivity index (χ3v) is 3.08. The summed E-state index contributed by atoms with van der Waals surface area (Å²) in [5.41, 5.74) is 2.16. The highest BCUT2D eigenvalue weighted by Crippen LogP contribution is 2.18. The van der Waals surface area contributed by atoms with E-state index in [2.05, 4.69) is 27.7 Å². The van der Waals surface area contributed by atoms with Gasteiger partial charge in [0.1, 0.15) is 5.76 Å². The van der Waals surface area contributed by atoms with Crippen LogP contribution in [0.4, 0.5) is 0 Å². The summed E-state index contributed by atoms with van der Waals surface area (Å²) in [6.45, 7) is 7.66. The van der Waals surface area contributed by atoms with Crippen molar-refractivity contribution in [3.8, 4) is 0 Å². The van der Waals surface area contributed by atoms with Crippen LogP contribution in [0.25, 0.3) is 0 Å². The maximum atomic E-state index is 5.15. The van der Waals surface area contributed by atoms with Crippen molar-refractivity contribution in [2.45, 2.75) is 46.1 Å². The van der Waals surface area contributed by atoms with Crippen LogP contribution < -0.4 is 10.6 Å². The summed E-state index contributed by atoms with van der Waals surface area (Å²) in [5, 5.41) is 10.6. The van der Waals surface area contributed by atoms with E-state index in [4.69, 9.17) is 4.52 Å². The number of hydrogen-bond acceptors (Lipinski definition) is 3. The quantitative estimate of drug-likeness (QED) is 0.615. The van der Waals surface area contributed by atoms with Crippen molar-refractivity contribution in [3.63, 3.8) is 0 Å². The molecule has 5 heteroatoms. The molecule has 5 nitrogen and oxygen atoms in total. The number of aliphatic imine (C=N–C) groups is 1. The highest BCUT2D eigenvalue weighted by atomic mass is 16.5. The zero-order valence-corrected chi connectivity index (χ0v) is 11.4. The van der Waals surface area contributed by atoms with Crippen molar-refractivity contribution in [2.75, 3.05) is 13.1 Å². The van der Waals surface area contributed by atoms with Crippen LogP contribution in [0, 0.1) is 13.8 Å². The summed E-state index contributed by atoms with van der Waals surface area (Å²) in [6.07, 6.45) is 3.39. The average molecular weight is 250 g/mol. The highest BCUT2D eigenvalue weighted by molar-refractivity contribution is 5.80. The molecule has 0 aliphatic heterocycles. The Morgan fingerprint density at radius 2 is 2.22 bits per heavy atom. The van der Waals surface area contributed by atoms with Gasteiger partial charge in [-0.2, -0.15) is 0 Å². The molecule has 0 radical (unpaired) electrons. The topological polar surface area (TPSA) is 62.5 Å². The summed E-state index contributed by atoms with van der Waals surface area (Å²) in [4.78, 5) is 4.58. The number of guanidine groups is 1. The van der Waals surface area contributed by atoms with E-state index in [1.165, 1.54) is 18.4 Å². The molecule has 2 N–H and O–H groups in total. The highest BCUT2D eigenvalue weighted by Gasteiger charge is 2.22. The molecule has 0 unspecified atom stereocenters. The molecule has 0 saturated heterocycles. The Hall–Kier alpha value is -1.52. The number of nitrogens with zero attached hydrogens (tertiary/aromatic N) is 2. The molecule has 18 heavy (non-hydrogen) atoms. The molecule has 1 saturated carbocycles. The summed E-state index contributed by atoms with van der Waals surface area (Å²) >= 11 is 0. The Balaban J connectivity index is 1.87. The third kappa shape index (κ3) is 3.48. The normalized spacial score (nSPS) is 15.8. The monoisotopic (exact) mass is 250 g/mol. The summed E-state index contributed by atoms with van der Waals surface area (Å²) < 4.78 is 5.15. The van der Waals surface area contributed by atoms with Gasteiger partial charge >= 0.3 is 0 Å². The Morgan fingerprint density at radius 3 is 2.78 bits per heavy atom. The fourth-order valence-electron chi connectivity index (χ4n) is 1.88. The lowest BCUT2D eigenvalue weighted by Crippen LogP contribution is -2.38. The van der Waals surface area contributed by atoms with Crippen LogP contribution in [-0.4, -0.2) is 30.2 Å². The van der Waals surface area contributed by atoms with Gasteiger partial charge < -0.3 is 15.2 Å². The van der Waals surface area contributed by atoms with Crippen molar-refractivity contribution in [2.24, 2.45) is 4.99 Å². The molecule has 1 aromatic rings. The van der Waals surface area contributed by atoms with E-state index < -0.39 is 0 Å². The van der Waals surface area contributed by atoms with Gasteiger partial charge in [-0.1, -0.05) is 5.16 Å². The van der Waals surface area contributed by atoms with Gasteiger partial charge in [0, 0.05) is 24.7 Å². The fourth-order valence-corrected chi connectivity index (χ4v) is 1.88. The third-order valence-electron chi connectivity index (χ3n) is 3.08. The largest absolute Gasteiger partial charge is 0.361 e. The second kappa shape index (κ2) is 5.89. The lowest BCUT2D eigenvalue weighted by Gasteiger charge is -2.09. The van der Waals surface area contributed by atoms with E-state index in [1.807, 2.05) is 13.8 Å². The van der Waals surface area contributed by atoms with Gasteiger partial charge in [-0.25, -0.2) is 0 Å². The van der Waals surface area contributed by atoms with Crippen LogP contribution in [0.1, 0.15) is 36.8 Å². The van der Waals surface area contributed by atoms with Crippen molar-refractivity contribution in [3.05, 3.63) is 17.0 Å². The number of aromatic nitrogens is 1. The van der Waals surface area contributed by atoms with Gasteiger partial charge in [0.2, 0.25) is 0 Å². The maximum Gasteiger partial charge on any atom is 0.191 e. The molecule has 1 aliphatic carbocycles. The standard InChI is InChI=1S/C13H22N4O/c1-4-14-13(16-11-5-6-11)15-8-7-12-9(2)17-18-10(12)3/h11H,4-8H2,1-3H3,(H2,14,15,16). The number of hydrogen-bond donors (Lipinski definition) is 2. The Kier molecular flexibility index (Phi) is 4.23. The zero-order chi connectivity index (χ0) is 13.0. The first-order valence-corrected chi connectivity index (χ1v) is 6.67. The molecule has 100 valence electrons. The number of aryl methyl sites for hydroxylation is 2. The molecule has 0 bridgehead atoms. The van der Waals surface area contributed by atoms with Crippen molar-refractivity contribution >= 4 is 5.96 Å². The maximum absolute atomic E-state index is 5.15. The SMILES string of the molecule is CCNC(=NCCc1c(C)noc1C)NC1CC1. The van der Waals surface area contributed by atoms with Gasteiger partial charge in [-0.3, -0.25) is 4.99 Å². The minimum Gasteiger partial charge on any atom is -0.361 e. The van der Waals surface area contributed by atoms with Gasteiger partial charge in [0.15, 0.2) is 5.96 Å². The molecule has 1 aliphatic rings. The first-order valence-electron chi connectivity index (χ1n) is 6.67. The van der Waals surface area contributed by atoms with Gasteiger partial charge in [0.25, 0.3) is 0 Å². The van der Waals surface area contributed by atoms with E-state index in [9.17, 15) is 0 Å². The minimum absolute atomic E-state index is 0.627. The van der Waals surface area contributed by atoms with Crippen molar-refractivity contribution in [1.29, 1.82) is 0 Å². The molecule has 2 rings (SSSR count). The smallest absolute Gasteiger partial charge is 0.191 e. The van der Waals surface area contributed by atoms with Crippen LogP contribution in [0.3, 0.4) is 0 Å². The first kappa shape index (κ1) is 12.9. The minimum atomic E-state index is 0.627. The van der Waals surface area contributed by atoms with Gasteiger partial charge in [0.05, 0.1) is 5.69 Å². The molecular weight excluding hydrogens is 228 g/mol. The van der Waals surface area contributed by atoms with E-state index >= 15 is 0 Å². The lowest BCUT2D eigenvalue weighted by molar-refractivity contribution is 0.392. The Morgan fingerprint density at radius 1 is 1.44 bits per heavy atom. The predicted molar refractivity (Wildman–Crippen MR) is 71.8 cm³/mol. The van der Waals surface area contributed by atoms with E-state index in [0.29, 0.717) is 6.04 Å². The van der Waals surface area contributed by atoms with Crippen LogP contribution in [0.2, 0.25) is 0 Å². The number of nitrogens with one attached hydrogen (secondary N) is 2. The molecular formula is C13H22N4O. The molecule has 0 spiro atoms. The van der Waals surface area contributed by atoms with Crippen molar-refractivity contribution < 1.29 is 4.52 Å². The second-order valence-corrected chi connectivity index (χ2v) is 4.73. The lowest BCUT2D eigenvalue weighted by atomic mass is 10.1. The average Bonchev–Trinajstić information content (AvgIpc) is 3.10. The Labute approximate surface area is 108 Å². The van der Waals surface area contributed by atoms with Crippen LogP contribution in [-0.2, 0) is 6.42 Å². The van der Waals surface area contributed by atoms with E-state index in [1.54, 1.807) is 0 Å². The van der Waals surface area contributed by atoms with E-state index in [-0.39, 0.29) is 0 Å². The summed E-state index contributed by atoms with van der Waals surface area (Å²) in [7, 11) is 0. The zero-order valence-electron chi connectivity index (χ0n) is 11.4. The molecule has 1 aromatic heterocycles. The molecule has 0 aromatic carbocycles. The van der Waals surface area contributed by atoms with Crippen molar-refractivity contribution in [1.82, 2.24) is 15.8 Å². The molecule has 1 heterocycles. The van der Waals surface area contributed by atoms with Crippen LogP contribution in [0.15, 0.2) is 9.52 Å². The molecule has 1 fully saturated rings. The second-order valence-electron chi connectivity index (χ2n) is 4.73. The predicted octanol–water partition coefficient (Wildman–Crippen LogP) is 1.55. The van der Waals surface area contributed by atoms with Gasteiger partial charge in [-0.05, 0) is 40.0 Å². The summed E-state index contributed by atoms with van der Waals surface area (Å²) in [5.74, 6) is 1.83. The molecule has 0 amide bonds.